The molecule has 0 radical (unpaired) electrons. The average molecular weight is 203 g/mol. The van der Waals surface area contributed by atoms with Gasteiger partial charge in [-0.05, 0) is 26.3 Å². The van der Waals surface area contributed by atoms with Crippen molar-refractivity contribution < 1.29 is 4.52 Å². The lowest BCUT2D eigenvalue weighted by molar-refractivity contribution is 0.303. The molecule has 0 aliphatic carbocycles. The van der Waals surface area contributed by atoms with E-state index in [1.165, 1.54) is 19.3 Å². The highest BCUT2D eigenvalue weighted by atomic mass is 35.5. The van der Waals surface area contributed by atoms with Crippen LogP contribution in [0.3, 0.4) is 0 Å². The molecule has 1 unspecified atom stereocenters. The van der Waals surface area contributed by atoms with Crippen molar-refractivity contribution in [1.29, 1.82) is 0 Å². The van der Waals surface area contributed by atoms with Crippen LogP contribution in [-0.4, -0.2) is 11.7 Å². The second-order valence-corrected chi connectivity index (χ2v) is 3.37. The summed E-state index contributed by atoms with van der Waals surface area (Å²) in [6.45, 7) is 3.06. The van der Waals surface area contributed by atoms with Gasteiger partial charge in [-0.15, -0.1) is 12.4 Å². The van der Waals surface area contributed by atoms with Crippen LogP contribution in [0.5, 0.6) is 0 Å². The van der Waals surface area contributed by atoms with Crippen molar-refractivity contribution in [1.82, 2.24) is 10.5 Å². The maximum absolute atomic E-state index is 5.19. The van der Waals surface area contributed by atoms with Gasteiger partial charge in [0.25, 0.3) is 0 Å². The first-order valence-corrected chi connectivity index (χ1v) is 4.53. The van der Waals surface area contributed by atoms with Gasteiger partial charge in [0, 0.05) is 6.07 Å². The van der Waals surface area contributed by atoms with Crippen LogP contribution in [0, 0.1) is 6.92 Å². The van der Waals surface area contributed by atoms with Crippen molar-refractivity contribution >= 4 is 12.4 Å². The molecule has 0 spiro atoms. The van der Waals surface area contributed by atoms with E-state index in [0.717, 1.165) is 18.0 Å². The number of rotatable bonds is 1. The second-order valence-electron chi connectivity index (χ2n) is 3.37. The van der Waals surface area contributed by atoms with Crippen molar-refractivity contribution in [2.45, 2.75) is 32.2 Å². The number of aromatic nitrogens is 1. The molecule has 2 heterocycles. The Bertz CT molecular complexity index is 256. The molecule has 1 atom stereocenters. The lowest BCUT2D eigenvalue weighted by Crippen LogP contribution is -2.26. The molecule has 1 aliphatic heterocycles. The van der Waals surface area contributed by atoms with E-state index in [-0.39, 0.29) is 12.4 Å². The summed E-state index contributed by atoms with van der Waals surface area (Å²) < 4.78 is 5.19. The molecule has 13 heavy (non-hydrogen) atoms. The molecule has 0 amide bonds. The molecular formula is C9H15ClN2O. The highest BCUT2D eigenvalue weighted by Crippen LogP contribution is 2.22. The van der Waals surface area contributed by atoms with Crippen molar-refractivity contribution in [2.24, 2.45) is 0 Å². The fourth-order valence-corrected chi connectivity index (χ4v) is 1.64. The summed E-state index contributed by atoms with van der Waals surface area (Å²) in [5, 5.41) is 7.29. The molecule has 4 heteroatoms. The summed E-state index contributed by atoms with van der Waals surface area (Å²) in [6.07, 6.45) is 3.75. The summed E-state index contributed by atoms with van der Waals surface area (Å²) >= 11 is 0. The zero-order valence-electron chi connectivity index (χ0n) is 7.75. The summed E-state index contributed by atoms with van der Waals surface area (Å²) in [4.78, 5) is 0. The Kier molecular flexibility index (Phi) is 3.75. The zero-order valence-corrected chi connectivity index (χ0v) is 8.56. The number of piperidine rings is 1. The average Bonchev–Trinajstić information content (AvgIpc) is 2.54. The Morgan fingerprint density at radius 2 is 2.38 bits per heavy atom. The van der Waals surface area contributed by atoms with Gasteiger partial charge in [0.2, 0.25) is 0 Å². The Morgan fingerprint density at radius 3 is 2.92 bits per heavy atom. The fraction of sp³-hybridized carbons (Fsp3) is 0.667. The highest BCUT2D eigenvalue weighted by molar-refractivity contribution is 5.85. The predicted octanol–water partition coefficient (Wildman–Crippen LogP) is 2.22. The van der Waals surface area contributed by atoms with Crippen molar-refractivity contribution in [3.8, 4) is 0 Å². The largest absolute Gasteiger partial charge is 0.359 e. The topological polar surface area (TPSA) is 38.1 Å². The monoisotopic (exact) mass is 202 g/mol. The van der Waals surface area contributed by atoms with E-state index in [0.29, 0.717) is 6.04 Å². The third kappa shape index (κ3) is 2.45. The van der Waals surface area contributed by atoms with Crippen LogP contribution in [0.1, 0.15) is 36.8 Å². The van der Waals surface area contributed by atoms with Crippen LogP contribution in [0.2, 0.25) is 0 Å². The number of aryl methyl sites for hydroxylation is 1. The van der Waals surface area contributed by atoms with Crippen molar-refractivity contribution in [2.75, 3.05) is 6.54 Å². The van der Waals surface area contributed by atoms with Gasteiger partial charge in [-0.1, -0.05) is 11.6 Å². The molecule has 2 rings (SSSR count). The summed E-state index contributed by atoms with van der Waals surface area (Å²) in [6, 6.07) is 2.42. The minimum Gasteiger partial charge on any atom is -0.359 e. The van der Waals surface area contributed by atoms with Crippen LogP contribution in [0.15, 0.2) is 10.6 Å². The van der Waals surface area contributed by atoms with E-state index in [1.807, 2.05) is 13.0 Å². The van der Waals surface area contributed by atoms with E-state index in [2.05, 4.69) is 10.5 Å². The van der Waals surface area contributed by atoms with Gasteiger partial charge >= 0.3 is 0 Å². The quantitative estimate of drug-likeness (QED) is 0.759. The predicted molar refractivity (Wildman–Crippen MR) is 53.1 cm³/mol. The van der Waals surface area contributed by atoms with Crippen LogP contribution in [-0.2, 0) is 0 Å². The van der Waals surface area contributed by atoms with E-state index >= 15 is 0 Å². The number of nitrogens with one attached hydrogen (secondary N) is 1. The maximum Gasteiger partial charge on any atom is 0.153 e. The van der Waals surface area contributed by atoms with Crippen LogP contribution < -0.4 is 5.32 Å². The molecule has 0 bridgehead atoms. The van der Waals surface area contributed by atoms with Crippen molar-refractivity contribution in [3.05, 3.63) is 17.5 Å². The molecule has 0 aromatic carbocycles. The Hall–Kier alpha value is -0.540. The molecule has 3 nitrogen and oxygen atoms in total. The zero-order chi connectivity index (χ0) is 8.39. The fourth-order valence-electron chi connectivity index (χ4n) is 1.64. The molecule has 1 N–H and O–H groups in total. The molecule has 0 saturated carbocycles. The summed E-state index contributed by atoms with van der Waals surface area (Å²) in [5.74, 6) is 0.993. The molecule has 1 aromatic rings. The van der Waals surface area contributed by atoms with Gasteiger partial charge < -0.3 is 9.84 Å². The molecule has 1 saturated heterocycles. The SMILES string of the molecule is Cc1cc(C2CCCCN2)on1.Cl. The molecule has 1 aromatic heterocycles. The van der Waals surface area contributed by atoms with Gasteiger partial charge in [-0.2, -0.15) is 0 Å². The van der Waals surface area contributed by atoms with Gasteiger partial charge in [0.05, 0.1) is 11.7 Å². The lowest BCUT2D eigenvalue weighted by Gasteiger charge is -2.20. The Morgan fingerprint density at radius 1 is 1.54 bits per heavy atom. The van der Waals surface area contributed by atoms with E-state index in [4.69, 9.17) is 4.52 Å². The minimum absolute atomic E-state index is 0. The summed E-state index contributed by atoms with van der Waals surface area (Å²) in [5.41, 5.74) is 0.970. The minimum atomic E-state index is 0. The maximum atomic E-state index is 5.19. The first kappa shape index (κ1) is 10.5. The van der Waals surface area contributed by atoms with E-state index in [1.54, 1.807) is 0 Å². The normalized spacial score (nSPS) is 22.4. The number of hydrogen-bond donors (Lipinski definition) is 1. The Labute approximate surface area is 84.3 Å². The Balaban J connectivity index is 0.000000845. The lowest BCUT2D eigenvalue weighted by atomic mass is 10.0. The van der Waals surface area contributed by atoms with Crippen molar-refractivity contribution in [3.63, 3.8) is 0 Å². The van der Waals surface area contributed by atoms with Crippen LogP contribution in [0.4, 0.5) is 0 Å². The number of nitrogens with zero attached hydrogens (tertiary/aromatic N) is 1. The third-order valence-electron chi connectivity index (χ3n) is 2.30. The molecule has 1 fully saturated rings. The smallest absolute Gasteiger partial charge is 0.153 e. The standard InChI is InChI=1S/C9H14N2O.ClH/c1-7-6-9(12-11-7)8-4-2-3-5-10-8;/h6,8,10H,2-5H2,1H3;1H. The van der Waals surface area contributed by atoms with Gasteiger partial charge in [-0.25, -0.2) is 0 Å². The van der Waals surface area contributed by atoms with Crippen LogP contribution >= 0.6 is 12.4 Å². The van der Waals surface area contributed by atoms with Gasteiger partial charge in [0.15, 0.2) is 5.76 Å². The van der Waals surface area contributed by atoms with Gasteiger partial charge in [-0.3, -0.25) is 0 Å². The van der Waals surface area contributed by atoms with E-state index < -0.39 is 0 Å². The number of hydrogen-bond acceptors (Lipinski definition) is 3. The molecular weight excluding hydrogens is 188 g/mol. The third-order valence-corrected chi connectivity index (χ3v) is 2.30. The highest BCUT2D eigenvalue weighted by Gasteiger charge is 2.17. The van der Waals surface area contributed by atoms with E-state index in [9.17, 15) is 0 Å². The first-order valence-electron chi connectivity index (χ1n) is 4.53. The molecule has 74 valence electrons. The first-order chi connectivity index (χ1) is 5.86. The van der Waals surface area contributed by atoms with Gasteiger partial charge in [0.1, 0.15) is 0 Å². The number of halogens is 1. The van der Waals surface area contributed by atoms with Crippen LogP contribution in [0.25, 0.3) is 0 Å². The summed E-state index contributed by atoms with van der Waals surface area (Å²) in [7, 11) is 0. The molecule has 1 aliphatic rings. The second kappa shape index (κ2) is 4.63.